The maximum atomic E-state index is 13.7. The second kappa shape index (κ2) is 6.49. The molecular weight excluding hydrogens is 241 g/mol. The van der Waals surface area contributed by atoms with E-state index in [9.17, 15) is 9.50 Å². The first kappa shape index (κ1) is 16.1. The molecule has 0 heterocycles. The van der Waals surface area contributed by atoms with Gasteiger partial charge in [-0.3, -0.25) is 4.90 Å². The van der Waals surface area contributed by atoms with Gasteiger partial charge in [0.2, 0.25) is 0 Å². The summed E-state index contributed by atoms with van der Waals surface area (Å²) in [6.07, 6.45) is 0.123. The zero-order chi connectivity index (χ0) is 14.6. The smallest absolute Gasteiger partial charge is 0.126 e. The van der Waals surface area contributed by atoms with Gasteiger partial charge in [0.25, 0.3) is 0 Å². The van der Waals surface area contributed by atoms with E-state index < -0.39 is 6.10 Å². The summed E-state index contributed by atoms with van der Waals surface area (Å²) in [6.45, 7) is 11.7. The van der Waals surface area contributed by atoms with Crippen LogP contribution in [0.3, 0.4) is 0 Å². The zero-order valence-corrected chi connectivity index (χ0v) is 12.7. The molecule has 0 fully saturated rings. The quantitative estimate of drug-likeness (QED) is 0.850. The molecule has 2 unspecified atom stereocenters. The highest BCUT2D eigenvalue weighted by Gasteiger charge is 2.36. The summed E-state index contributed by atoms with van der Waals surface area (Å²) < 4.78 is 13.7. The van der Waals surface area contributed by atoms with Gasteiger partial charge >= 0.3 is 0 Å². The number of nitrogens with zero attached hydrogens (tertiary/aromatic N) is 1. The van der Waals surface area contributed by atoms with E-state index in [1.54, 1.807) is 13.0 Å². The molecule has 0 aliphatic carbocycles. The van der Waals surface area contributed by atoms with Crippen molar-refractivity contribution in [2.45, 2.75) is 52.7 Å². The second-order valence-corrected chi connectivity index (χ2v) is 5.29. The summed E-state index contributed by atoms with van der Waals surface area (Å²) in [5, 5.41) is 10.7. The Kier molecular flexibility index (Phi) is 5.50. The molecule has 1 aromatic carbocycles. The number of aliphatic hydroxyl groups excluding tert-OH is 1. The Hall–Kier alpha value is -0.930. The maximum absolute atomic E-state index is 13.7. The molecule has 1 aromatic rings. The minimum Gasteiger partial charge on any atom is -0.386 e. The summed E-state index contributed by atoms with van der Waals surface area (Å²) in [4.78, 5) is 2.23. The predicted molar refractivity (Wildman–Crippen MR) is 77.7 cm³/mol. The van der Waals surface area contributed by atoms with E-state index in [-0.39, 0.29) is 11.4 Å². The van der Waals surface area contributed by atoms with Gasteiger partial charge in [0.15, 0.2) is 0 Å². The highest BCUT2D eigenvalue weighted by molar-refractivity contribution is 5.27. The number of rotatable bonds is 6. The van der Waals surface area contributed by atoms with Crippen LogP contribution < -0.4 is 0 Å². The highest BCUT2D eigenvalue weighted by atomic mass is 19.1. The first-order valence-electron chi connectivity index (χ1n) is 7.09. The molecule has 0 aromatic heterocycles. The molecule has 2 atom stereocenters. The molecule has 108 valence electrons. The fraction of sp³-hybridized carbons (Fsp3) is 0.625. The van der Waals surface area contributed by atoms with E-state index in [0.717, 1.165) is 19.5 Å². The molecular formula is C16H26FNO. The van der Waals surface area contributed by atoms with Gasteiger partial charge in [0.1, 0.15) is 5.82 Å². The Bertz CT molecular complexity index is 417. The van der Waals surface area contributed by atoms with Crippen molar-refractivity contribution in [3.63, 3.8) is 0 Å². The Morgan fingerprint density at radius 1 is 1.26 bits per heavy atom. The fourth-order valence-electron chi connectivity index (χ4n) is 2.67. The molecule has 3 heteroatoms. The summed E-state index contributed by atoms with van der Waals surface area (Å²) in [5.41, 5.74) is 0.891. The van der Waals surface area contributed by atoms with Crippen LogP contribution in [-0.2, 0) is 0 Å². The number of hydrogen-bond donors (Lipinski definition) is 1. The van der Waals surface area contributed by atoms with Gasteiger partial charge < -0.3 is 5.11 Å². The Balaban J connectivity index is 3.13. The Morgan fingerprint density at radius 3 is 2.26 bits per heavy atom. The third kappa shape index (κ3) is 3.15. The molecule has 0 aliphatic heterocycles. The monoisotopic (exact) mass is 267 g/mol. The van der Waals surface area contributed by atoms with Crippen LogP contribution in [-0.4, -0.2) is 28.6 Å². The number of halogens is 1. The number of hydrogen-bond acceptors (Lipinski definition) is 2. The lowest BCUT2D eigenvalue weighted by Gasteiger charge is -2.43. The van der Waals surface area contributed by atoms with Gasteiger partial charge in [0, 0.05) is 5.54 Å². The van der Waals surface area contributed by atoms with Gasteiger partial charge in [-0.2, -0.15) is 0 Å². The first-order valence-corrected chi connectivity index (χ1v) is 7.09. The first-order chi connectivity index (χ1) is 8.90. The minimum atomic E-state index is -0.688. The van der Waals surface area contributed by atoms with E-state index in [4.69, 9.17) is 0 Å². The van der Waals surface area contributed by atoms with E-state index in [1.807, 2.05) is 13.0 Å². The van der Waals surface area contributed by atoms with Crippen molar-refractivity contribution in [3.8, 4) is 0 Å². The van der Waals surface area contributed by atoms with Crippen molar-refractivity contribution >= 4 is 0 Å². The van der Waals surface area contributed by atoms with Crippen LogP contribution in [0, 0.1) is 12.7 Å². The van der Waals surface area contributed by atoms with Gasteiger partial charge in [0.05, 0.1) is 6.10 Å². The Labute approximate surface area is 116 Å². The van der Waals surface area contributed by atoms with Gasteiger partial charge in [-0.25, -0.2) is 4.39 Å². The molecule has 0 aliphatic rings. The predicted octanol–water partition coefficient (Wildman–Crippen LogP) is 3.68. The average Bonchev–Trinajstić information content (AvgIpc) is 2.42. The van der Waals surface area contributed by atoms with Gasteiger partial charge in [-0.1, -0.05) is 32.9 Å². The fourth-order valence-corrected chi connectivity index (χ4v) is 2.67. The second-order valence-electron chi connectivity index (χ2n) is 5.29. The van der Waals surface area contributed by atoms with Crippen LogP contribution >= 0.6 is 0 Å². The van der Waals surface area contributed by atoms with E-state index in [2.05, 4.69) is 25.7 Å². The summed E-state index contributed by atoms with van der Waals surface area (Å²) in [5.74, 6) is -0.255. The van der Waals surface area contributed by atoms with E-state index in [1.165, 1.54) is 6.07 Å². The largest absolute Gasteiger partial charge is 0.386 e. The average molecular weight is 267 g/mol. The van der Waals surface area contributed by atoms with Crippen LogP contribution in [0.25, 0.3) is 0 Å². The SMILES string of the molecule is CCN(CC)C(C)(CC)C(O)c1ccc(C)c(F)c1. The van der Waals surface area contributed by atoms with E-state index in [0.29, 0.717) is 11.1 Å². The van der Waals surface area contributed by atoms with Crippen LogP contribution in [0.5, 0.6) is 0 Å². The number of aryl methyl sites for hydroxylation is 1. The summed E-state index contributed by atoms with van der Waals surface area (Å²) >= 11 is 0. The number of benzene rings is 1. The molecule has 1 rings (SSSR count). The number of likely N-dealkylation sites (N-methyl/N-ethyl adjacent to an activating group) is 1. The number of aliphatic hydroxyl groups is 1. The zero-order valence-electron chi connectivity index (χ0n) is 12.7. The molecule has 0 bridgehead atoms. The molecule has 0 amide bonds. The van der Waals surface area contributed by atoms with Crippen LogP contribution in [0.15, 0.2) is 18.2 Å². The third-order valence-electron chi connectivity index (χ3n) is 4.30. The van der Waals surface area contributed by atoms with Crippen molar-refractivity contribution in [1.82, 2.24) is 4.90 Å². The van der Waals surface area contributed by atoms with Crippen LogP contribution in [0.2, 0.25) is 0 Å². The Morgan fingerprint density at radius 2 is 1.84 bits per heavy atom. The summed E-state index contributed by atoms with van der Waals surface area (Å²) in [7, 11) is 0. The van der Waals surface area contributed by atoms with Gasteiger partial charge in [-0.15, -0.1) is 0 Å². The minimum absolute atomic E-state index is 0.255. The molecule has 2 nitrogen and oxygen atoms in total. The maximum Gasteiger partial charge on any atom is 0.126 e. The lowest BCUT2D eigenvalue weighted by molar-refractivity contribution is -0.0215. The molecule has 0 spiro atoms. The lowest BCUT2D eigenvalue weighted by atomic mass is 9.85. The van der Waals surface area contributed by atoms with Gasteiger partial charge in [-0.05, 0) is 50.6 Å². The highest BCUT2D eigenvalue weighted by Crippen LogP contribution is 2.34. The molecule has 0 saturated carbocycles. The van der Waals surface area contributed by atoms with Crippen molar-refractivity contribution < 1.29 is 9.50 Å². The van der Waals surface area contributed by atoms with Crippen molar-refractivity contribution in [1.29, 1.82) is 0 Å². The lowest BCUT2D eigenvalue weighted by Crippen LogP contribution is -2.50. The van der Waals surface area contributed by atoms with Crippen LogP contribution in [0.1, 0.15) is 51.3 Å². The van der Waals surface area contributed by atoms with Crippen LogP contribution in [0.4, 0.5) is 4.39 Å². The van der Waals surface area contributed by atoms with Crippen molar-refractivity contribution in [3.05, 3.63) is 35.1 Å². The molecule has 0 saturated heterocycles. The van der Waals surface area contributed by atoms with Crippen molar-refractivity contribution in [2.24, 2.45) is 0 Å². The molecule has 0 radical (unpaired) electrons. The summed E-state index contributed by atoms with van der Waals surface area (Å²) in [6, 6.07) is 5.00. The normalized spacial score (nSPS) is 16.4. The topological polar surface area (TPSA) is 23.5 Å². The van der Waals surface area contributed by atoms with Crippen molar-refractivity contribution in [2.75, 3.05) is 13.1 Å². The third-order valence-corrected chi connectivity index (χ3v) is 4.30. The molecule has 1 N–H and O–H groups in total. The standard InChI is InChI=1S/C16H26FNO/c1-6-16(5,18(7-2)8-3)15(19)13-10-9-12(4)14(17)11-13/h9-11,15,19H,6-8H2,1-5H3. The van der Waals surface area contributed by atoms with E-state index >= 15 is 0 Å². The molecule has 19 heavy (non-hydrogen) atoms.